The minimum atomic E-state index is -0.524. The van der Waals surface area contributed by atoms with E-state index < -0.39 is 6.04 Å². The lowest BCUT2D eigenvalue weighted by atomic mass is 10.1. The molecule has 0 aliphatic rings. The molecule has 0 saturated heterocycles. The summed E-state index contributed by atoms with van der Waals surface area (Å²) in [5, 5.41) is 12.7. The Kier molecular flexibility index (Phi) is 5.28. The molecule has 0 unspecified atom stereocenters. The quantitative estimate of drug-likeness (QED) is 0.412. The van der Waals surface area contributed by atoms with Gasteiger partial charge in [-0.05, 0) is 42.0 Å². The summed E-state index contributed by atoms with van der Waals surface area (Å²) >= 11 is 12.5. The predicted molar refractivity (Wildman–Crippen MR) is 108 cm³/mol. The monoisotopic (exact) mass is 413 g/mol. The zero-order chi connectivity index (χ0) is 19.5. The van der Waals surface area contributed by atoms with Gasteiger partial charge < -0.3 is 9.73 Å². The van der Waals surface area contributed by atoms with Gasteiger partial charge in [-0.2, -0.15) is 0 Å². The van der Waals surface area contributed by atoms with Crippen LogP contribution < -0.4 is 5.32 Å². The van der Waals surface area contributed by atoms with Gasteiger partial charge in [-0.3, -0.25) is 0 Å². The lowest BCUT2D eigenvalue weighted by Gasteiger charge is -2.18. The van der Waals surface area contributed by atoms with Gasteiger partial charge in [-0.15, -0.1) is 10.2 Å². The number of rotatable bonds is 5. The van der Waals surface area contributed by atoms with E-state index in [4.69, 9.17) is 27.6 Å². The van der Waals surface area contributed by atoms with E-state index in [2.05, 4.69) is 15.5 Å². The molecule has 1 atom stereocenters. The minimum absolute atomic E-state index is 0.300. The molecular formula is C21H14Cl2FN3O. The van der Waals surface area contributed by atoms with Gasteiger partial charge in [0.2, 0.25) is 11.8 Å². The summed E-state index contributed by atoms with van der Waals surface area (Å²) in [5.41, 5.74) is 2.07. The van der Waals surface area contributed by atoms with Gasteiger partial charge >= 0.3 is 0 Å². The highest BCUT2D eigenvalue weighted by atomic mass is 35.5. The van der Waals surface area contributed by atoms with Crippen LogP contribution in [0.2, 0.25) is 10.0 Å². The van der Waals surface area contributed by atoms with Crippen molar-refractivity contribution in [1.82, 2.24) is 10.2 Å². The van der Waals surface area contributed by atoms with Crippen molar-refractivity contribution in [3.05, 3.63) is 100 Å². The van der Waals surface area contributed by atoms with Gasteiger partial charge in [0, 0.05) is 0 Å². The van der Waals surface area contributed by atoms with Crippen molar-refractivity contribution in [2.45, 2.75) is 6.04 Å². The molecule has 0 bridgehead atoms. The van der Waals surface area contributed by atoms with Crippen LogP contribution in [0.15, 0.2) is 77.2 Å². The molecule has 4 rings (SSSR count). The Morgan fingerprint density at radius 1 is 0.821 bits per heavy atom. The van der Waals surface area contributed by atoms with Crippen LogP contribution in [0, 0.1) is 5.82 Å². The maximum absolute atomic E-state index is 13.4. The zero-order valence-corrected chi connectivity index (χ0v) is 16.0. The molecule has 1 N–H and O–H groups in total. The van der Waals surface area contributed by atoms with Gasteiger partial charge in [-0.1, -0.05) is 59.6 Å². The van der Waals surface area contributed by atoms with Crippen LogP contribution in [0.5, 0.6) is 0 Å². The fourth-order valence-electron chi connectivity index (χ4n) is 2.77. The highest BCUT2D eigenvalue weighted by Gasteiger charge is 2.23. The molecule has 140 valence electrons. The smallest absolute Gasteiger partial charge is 0.249 e. The molecule has 3 aromatic carbocycles. The largest absolute Gasteiger partial charge is 0.418 e. The number of benzene rings is 3. The molecule has 28 heavy (non-hydrogen) atoms. The number of halogens is 3. The lowest BCUT2D eigenvalue weighted by molar-refractivity contribution is 0.494. The van der Waals surface area contributed by atoms with Crippen LogP contribution in [0.4, 0.5) is 10.1 Å². The van der Waals surface area contributed by atoms with Crippen molar-refractivity contribution >= 4 is 28.9 Å². The van der Waals surface area contributed by atoms with E-state index in [1.54, 1.807) is 30.3 Å². The number of aromatic nitrogens is 2. The first kappa shape index (κ1) is 18.5. The molecule has 1 heterocycles. The molecule has 1 aromatic heterocycles. The summed E-state index contributed by atoms with van der Waals surface area (Å²) in [6, 6.07) is 20.1. The molecule has 0 fully saturated rings. The maximum atomic E-state index is 13.4. The standard InChI is InChI=1S/C21H14Cl2FN3O/c22-16-6-2-1-5-15(16)20-26-27-21(28-20)19(13-9-11-14(24)12-10-13)25-18-8-4-3-7-17(18)23/h1-12,19,25H/t19-/m0/s1. The first-order valence-electron chi connectivity index (χ1n) is 8.46. The number of nitrogens with one attached hydrogen (secondary N) is 1. The van der Waals surface area contributed by atoms with Crippen molar-refractivity contribution in [3.63, 3.8) is 0 Å². The SMILES string of the molecule is Fc1ccc([C@H](Nc2ccccc2Cl)c2nnc(-c3ccccc3Cl)o2)cc1. The first-order chi connectivity index (χ1) is 13.6. The fraction of sp³-hybridized carbons (Fsp3) is 0.0476. The normalized spacial score (nSPS) is 12.0. The highest BCUT2D eigenvalue weighted by Crippen LogP contribution is 2.32. The van der Waals surface area contributed by atoms with Gasteiger partial charge in [0.15, 0.2) is 0 Å². The number of hydrogen-bond donors (Lipinski definition) is 1. The summed E-state index contributed by atoms with van der Waals surface area (Å²) < 4.78 is 19.3. The Balaban J connectivity index is 1.74. The van der Waals surface area contributed by atoms with Gasteiger partial charge in [-0.25, -0.2) is 4.39 Å². The Bertz CT molecular complexity index is 1100. The maximum Gasteiger partial charge on any atom is 0.249 e. The number of nitrogens with zero attached hydrogens (tertiary/aromatic N) is 2. The lowest BCUT2D eigenvalue weighted by Crippen LogP contribution is -2.13. The van der Waals surface area contributed by atoms with Gasteiger partial charge in [0.1, 0.15) is 11.9 Å². The molecule has 0 aliphatic heterocycles. The number of anilines is 1. The summed E-state index contributed by atoms with van der Waals surface area (Å²) in [6.07, 6.45) is 0. The van der Waals surface area contributed by atoms with E-state index in [1.165, 1.54) is 12.1 Å². The van der Waals surface area contributed by atoms with Gasteiger partial charge in [0.05, 0.1) is 21.3 Å². The summed E-state index contributed by atoms with van der Waals surface area (Å²) in [6.45, 7) is 0. The Labute approximate surface area is 170 Å². The van der Waals surface area contributed by atoms with Crippen LogP contribution in [-0.4, -0.2) is 10.2 Å². The van der Waals surface area contributed by atoms with Crippen LogP contribution in [-0.2, 0) is 0 Å². The van der Waals surface area contributed by atoms with E-state index in [1.807, 2.05) is 30.3 Å². The van der Waals surface area contributed by atoms with Crippen LogP contribution >= 0.6 is 23.2 Å². The Morgan fingerprint density at radius 3 is 2.21 bits per heavy atom. The van der Waals surface area contributed by atoms with Crippen molar-refractivity contribution in [2.75, 3.05) is 5.32 Å². The third-order valence-corrected chi connectivity index (χ3v) is 4.83. The summed E-state index contributed by atoms with van der Waals surface area (Å²) in [4.78, 5) is 0. The van der Waals surface area contributed by atoms with E-state index in [9.17, 15) is 4.39 Å². The Morgan fingerprint density at radius 2 is 1.50 bits per heavy atom. The second-order valence-corrected chi connectivity index (χ2v) is 6.85. The van der Waals surface area contributed by atoms with Crippen LogP contribution in [0.25, 0.3) is 11.5 Å². The van der Waals surface area contributed by atoms with Crippen molar-refractivity contribution in [2.24, 2.45) is 0 Å². The van der Waals surface area contributed by atoms with E-state index in [0.717, 1.165) is 5.56 Å². The molecule has 4 aromatic rings. The molecule has 0 spiro atoms. The Hall–Kier alpha value is -2.89. The van der Waals surface area contributed by atoms with Crippen molar-refractivity contribution < 1.29 is 8.81 Å². The second-order valence-electron chi connectivity index (χ2n) is 6.03. The number of hydrogen-bond acceptors (Lipinski definition) is 4. The molecule has 7 heteroatoms. The van der Waals surface area contributed by atoms with Crippen molar-refractivity contribution in [3.8, 4) is 11.5 Å². The van der Waals surface area contributed by atoms with E-state index in [0.29, 0.717) is 33.1 Å². The third kappa shape index (κ3) is 3.86. The van der Waals surface area contributed by atoms with E-state index >= 15 is 0 Å². The second kappa shape index (κ2) is 8.00. The first-order valence-corrected chi connectivity index (χ1v) is 9.22. The highest BCUT2D eigenvalue weighted by molar-refractivity contribution is 6.33. The van der Waals surface area contributed by atoms with Crippen LogP contribution in [0.3, 0.4) is 0 Å². The van der Waals surface area contributed by atoms with E-state index in [-0.39, 0.29) is 5.82 Å². The molecule has 0 saturated carbocycles. The molecular weight excluding hydrogens is 400 g/mol. The average molecular weight is 414 g/mol. The molecule has 0 amide bonds. The summed E-state index contributed by atoms with van der Waals surface area (Å²) in [5.74, 6) is 0.276. The van der Waals surface area contributed by atoms with Crippen LogP contribution in [0.1, 0.15) is 17.5 Å². The third-order valence-electron chi connectivity index (χ3n) is 4.17. The number of para-hydroxylation sites is 1. The topological polar surface area (TPSA) is 51.0 Å². The van der Waals surface area contributed by atoms with Gasteiger partial charge in [0.25, 0.3) is 0 Å². The molecule has 4 nitrogen and oxygen atoms in total. The predicted octanol–water partition coefficient (Wildman–Crippen LogP) is 6.38. The zero-order valence-electron chi connectivity index (χ0n) is 14.4. The average Bonchev–Trinajstić information content (AvgIpc) is 3.18. The van der Waals surface area contributed by atoms with Crippen molar-refractivity contribution in [1.29, 1.82) is 0 Å². The minimum Gasteiger partial charge on any atom is -0.418 e. The summed E-state index contributed by atoms with van der Waals surface area (Å²) in [7, 11) is 0. The molecule has 0 aliphatic carbocycles. The fourth-order valence-corrected chi connectivity index (χ4v) is 3.18. The molecule has 0 radical (unpaired) electrons.